The molecular weight excluding hydrogens is 232 g/mol. The Hall–Kier alpha value is -1.64. The minimum Gasteiger partial charge on any atom is -0.303 e. The van der Waals surface area contributed by atoms with Crippen LogP contribution < -0.4 is 5.32 Å². The molecule has 0 atom stereocenters. The van der Waals surface area contributed by atoms with Gasteiger partial charge in [0.2, 0.25) is 0 Å². The fraction of sp³-hybridized carbons (Fsp3) is 0.294. The second-order valence-electron chi connectivity index (χ2n) is 5.51. The molecule has 2 heteroatoms. The van der Waals surface area contributed by atoms with Crippen LogP contribution in [0.5, 0.6) is 0 Å². The lowest BCUT2D eigenvalue weighted by Gasteiger charge is -2.33. The van der Waals surface area contributed by atoms with Gasteiger partial charge in [-0.15, -0.1) is 0 Å². The number of rotatable bonds is 4. The first-order chi connectivity index (χ1) is 9.36. The molecule has 0 amide bonds. The Morgan fingerprint density at radius 1 is 0.789 bits per heavy atom. The highest BCUT2D eigenvalue weighted by molar-refractivity contribution is 5.15. The lowest BCUT2D eigenvalue weighted by Crippen LogP contribution is -2.45. The minimum atomic E-state index is 1.07. The Bertz CT molecular complexity index is 458. The molecule has 2 nitrogen and oxygen atoms in total. The predicted molar refractivity (Wildman–Crippen MR) is 78.3 cm³/mol. The number of hydrogen-bond acceptors (Lipinski definition) is 1. The summed E-state index contributed by atoms with van der Waals surface area (Å²) in [5.74, 6) is 0. The summed E-state index contributed by atoms with van der Waals surface area (Å²) < 4.78 is 1.12. The Morgan fingerprint density at radius 2 is 1.32 bits per heavy atom. The fourth-order valence-electron chi connectivity index (χ4n) is 2.98. The van der Waals surface area contributed by atoms with Crippen LogP contribution in [0, 0.1) is 0 Å². The molecule has 0 saturated carbocycles. The molecule has 1 fully saturated rings. The zero-order chi connectivity index (χ0) is 13.0. The number of nitrogens with zero attached hydrogens (tertiary/aromatic N) is 1. The molecule has 2 aromatic carbocycles. The number of benzene rings is 2. The molecule has 0 radical (unpaired) electrons. The number of nitrogens with one attached hydrogen (secondary N) is 1. The molecule has 1 N–H and O–H groups in total. The van der Waals surface area contributed by atoms with Crippen molar-refractivity contribution < 1.29 is 4.48 Å². The van der Waals surface area contributed by atoms with Crippen LogP contribution in [0.2, 0.25) is 0 Å². The second-order valence-corrected chi connectivity index (χ2v) is 5.51. The van der Waals surface area contributed by atoms with Gasteiger partial charge in [-0.2, -0.15) is 0 Å². The molecule has 2 aromatic rings. The van der Waals surface area contributed by atoms with Gasteiger partial charge in [-0.25, -0.2) is 0 Å². The maximum absolute atomic E-state index is 3.53. The minimum absolute atomic E-state index is 1.07. The summed E-state index contributed by atoms with van der Waals surface area (Å²) in [6, 6.07) is 21.7. The van der Waals surface area contributed by atoms with Gasteiger partial charge >= 0.3 is 0 Å². The average molecular weight is 253 g/mol. The van der Waals surface area contributed by atoms with Crippen molar-refractivity contribution >= 4 is 0 Å². The van der Waals surface area contributed by atoms with Crippen molar-refractivity contribution in [3.05, 3.63) is 71.8 Å². The van der Waals surface area contributed by atoms with Crippen LogP contribution in [0.25, 0.3) is 0 Å². The maximum atomic E-state index is 3.53. The van der Waals surface area contributed by atoms with E-state index in [0.29, 0.717) is 0 Å². The monoisotopic (exact) mass is 253 g/mol. The van der Waals surface area contributed by atoms with Crippen LogP contribution in [0.15, 0.2) is 60.7 Å². The molecule has 0 spiro atoms. The molecule has 1 saturated heterocycles. The van der Waals surface area contributed by atoms with Crippen LogP contribution in [0.1, 0.15) is 11.1 Å². The van der Waals surface area contributed by atoms with Crippen molar-refractivity contribution in [2.45, 2.75) is 13.1 Å². The van der Waals surface area contributed by atoms with E-state index in [1.165, 1.54) is 17.7 Å². The molecule has 0 bridgehead atoms. The summed E-state index contributed by atoms with van der Waals surface area (Å²) in [4.78, 5) is 0. The van der Waals surface area contributed by atoms with Crippen LogP contribution >= 0.6 is 0 Å². The van der Waals surface area contributed by atoms with E-state index in [0.717, 1.165) is 30.8 Å². The van der Waals surface area contributed by atoms with Crippen molar-refractivity contribution in [1.82, 2.24) is 5.32 Å². The van der Waals surface area contributed by atoms with E-state index in [2.05, 4.69) is 66.0 Å². The molecule has 19 heavy (non-hydrogen) atoms. The summed E-state index contributed by atoms with van der Waals surface area (Å²) in [5.41, 5.74) is 2.87. The summed E-state index contributed by atoms with van der Waals surface area (Å²) in [6.45, 7) is 5.64. The van der Waals surface area contributed by atoms with Gasteiger partial charge in [0.05, 0.1) is 6.54 Å². The van der Waals surface area contributed by atoms with Gasteiger partial charge in [-0.1, -0.05) is 60.7 Å². The third-order valence-electron chi connectivity index (χ3n) is 3.93. The zero-order valence-electron chi connectivity index (χ0n) is 11.3. The first-order valence-corrected chi connectivity index (χ1v) is 7.00. The van der Waals surface area contributed by atoms with Crippen LogP contribution in [-0.4, -0.2) is 24.2 Å². The van der Waals surface area contributed by atoms with E-state index in [1.54, 1.807) is 0 Å². The zero-order valence-corrected chi connectivity index (χ0v) is 11.3. The topological polar surface area (TPSA) is 12.0 Å². The van der Waals surface area contributed by atoms with E-state index < -0.39 is 0 Å². The highest BCUT2D eigenvalue weighted by Gasteiger charge is 2.31. The van der Waals surface area contributed by atoms with Crippen molar-refractivity contribution in [2.24, 2.45) is 0 Å². The highest BCUT2D eigenvalue weighted by Crippen LogP contribution is 2.21. The summed E-state index contributed by atoms with van der Waals surface area (Å²) in [5, 5.41) is 3.53. The number of hydrogen-bond donors (Lipinski definition) is 1. The van der Waals surface area contributed by atoms with Gasteiger partial charge in [0.15, 0.2) is 0 Å². The highest BCUT2D eigenvalue weighted by atomic mass is 15.4. The Kier molecular flexibility index (Phi) is 3.62. The number of quaternary nitrogens is 1. The average Bonchev–Trinajstić information content (AvgIpc) is 2.89. The quantitative estimate of drug-likeness (QED) is 0.826. The van der Waals surface area contributed by atoms with E-state index in [9.17, 15) is 0 Å². The molecule has 1 aliphatic rings. The maximum Gasteiger partial charge on any atom is 0.133 e. The normalized spacial score (nSPS) is 17.5. The third-order valence-corrected chi connectivity index (χ3v) is 3.93. The van der Waals surface area contributed by atoms with Crippen LogP contribution in [-0.2, 0) is 13.1 Å². The molecule has 0 unspecified atom stereocenters. The van der Waals surface area contributed by atoms with Gasteiger partial charge in [-0.05, 0) is 0 Å². The summed E-state index contributed by atoms with van der Waals surface area (Å²) in [6.07, 6.45) is 0. The molecule has 1 aliphatic heterocycles. The van der Waals surface area contributed by atoms with E-state index in [1.807, 2.05) is 0 Å². The molecule has 0 aromatic heterocycles. The molecular formula is C17H21N2+. The van der Waals surface area contributed by atoms with E-state index in [4.69, 9.17) is 0 Å². The lowest BCUT2D eigenvalue weighted by atomic mass is 10.1. The smallest absolute Gasteiger partial charge is 0.133 e. The van der Waals surface area contributed by atoms with Crippen molar-refractivity contribution in [3.8, 4) is 0 Å². The summed E-state index contributed by atoms with van der Waals surface area (Å²) >= 11 is 0. The molecule has 1 heterocycles. The van der Waals surface area contributed by atoms with E-state index in [-0.39, 0.29) is 0 Å². The lowest BCUT2D eigenvalue weighted by molar-refractivity contribution is -0.943. The van der Waals surface area contributed by atoms with Gasteiger partial charge in [0.25, 0.3) is 0 Å². The van der Waals surface area contributed by atoms with E-state index >= 15 is 0 Å². The third kappa shape index (κ3) is 3.03. The predicted octanol–water partition coefficient (Wildman–Crippen LogP) is 2.76. The Balaban J connectivity index is 1.79. The van der Waals surface area contributed by atoms with Gasteiger partial charge in [0.1, 0.15) is 19.8 Å². The van der Waals surface area contributed by atoms with Gasteiger partial charge in [-0.3, -0.25) is 5.32 Å². The van der Waals surface area contributed by atoms with Crippen molar-refractivity contribution in [3.63, 3.8) is 0 Å². The largest absolute Gasteiger partial charge is 0.303 e. The molecule has 98 valence electrons. The SMILES string of the molecule is c1ccc(C[N+]2(Cc3ccccc3)CCNC2)cc1. The molecule has 0 aliphatic carbocycles. The Labute approximate surface area is 115 Å². The van der Waals surface area contributed by atoms with Gasteiger partial charge in [0, 0.05) is 17.7 Å². The van der Waals surface area contributed by atoms with Crippen LogP contribution in [0.3, 0.4) is 0 Å². The second kappa shape index (κ2) is 5.55. The standard InChI is InChI=1S/C17H21N2/c1-3-7-16(8-4-1)13-19(12-11-18-15-19)14-17-9-5-2-6-10-17/h1-10,18H,11-15H2/q+1. The first kappa shape index (κ1) is 12.4. The first-order valence-electron chi connectivity index (χ1n) is 7.00. The summed E-state index contributed by atoms with van der Waals surface area (Å²) in [7, 11) is 0. The van der Waals surface area contributed by atoms with Gasteiger partial charge < -0.3 is 4.48 Å². The fourth-order valence-corrected chi connectivity index (χ4v) is 2.98. The Morgan fingerprint density at radius 3 is 1.74 bits per heavy atom. The van der Waals surface area contributed by atoms with Crippen molar-refractivity contribution in [1.29, 1.82) is 0 Å². The van der Waals surface area contributed by atoms with Crippen LogP contribution in [0.4, 0.5) is 0 Å². The molecule has 3 rings (SSSR count). The van der Waals surface area contributed by atoms with Crippen molar-refractivity contribution in [2.75, 3.05) is 19.8 Å².